The fraction of sp³-hybridized carbons (Fsp3) is 0. The second kappa shape index (κ2) is 3.23. The lowest BCUT2D eigenvalue weighted by Gasteiger charge is -1.79. The van der Waals surface area contributed by atoms with E-state index in [1.807, 2.05) is 0 Å². The Labute approximate surface area is 69.7 Å². The summed E-state index contributed by atoms with van der Waals surface area (Å²) in [5, 5.41) is 10.2. The first-order chi connectivity index (χ1) is 4.74. The van der Waals surface area contributed by atoms with Crippen molar-refractivity contribution in [3.05, 3.63) is 22.2 Å². The van der Waals surface area contributed by atoms with Gasteiger partial charge >= 0.3 is 5.00 Å². The van der Waals surface area contributed by atoms with Crippen LogP contribution in [0.5, 0.6) is 0 Å². The van der Waals surface area contributed by atoms with Gasteiger partial charge in [0.25, 0.3) is 0 Å². The zero-order valence-electron chi connectivity index (χ0n) is 4.61. The summed E-state index contributed by atoms with van der Waals surface area (Å²) in [6.07, 6.45) is 0. The summed E-state index contributed by atoms with van der Waals surface area (Å²) in [6, 6.07) is 3.07. The molecule has 1 aromatic rings. The number of nitro groups is 1. The van der Waals surface area contributed by atoms with E-state index in [1.165, 1.54) is 6.07 Å². The molecule has 0 bridgehead atoms. The molecule has 0 saturated heterocycles. The maximum atomic E-state index is 10.1. The van der Waals surface area contributed by atoms with Crippen LogP contribution in [0, 0.1) is 10.1 Å². The molecule has 0 aliphatic heterocycles. The quantitative estimate of drug-likeness (QED) is 0.538. The Balaban J connectivity index is 2.88. The summed E-state index contributed by atoms with van der Waals surface area (Å²) in [4.78, 5) is 9.66. The number of halogens is 1. The van der Waals surface area contributed by atoms with Crippen LogP contribution in [-0.4, -0.2) is 4.92 Å². The van der Waals surface area contributed by atoms with E-state index in [4.69, 9.17) is 10.7 Å². The highest BCUT2D eigenvalue weighted by atomic mass is 35.7. The van der Waals surface area contributed by atoms with Crippen LogP contribution >= 0.6 is 33.0 Å². The van der Waals surface area contributed by atoms with Crippen LogP contribution in [0.15, 0.2) is 16.3 Å². The van der Waals surface area contributed by atoms with Crippen molar-refractivity contribution >= 4 is 38.0 Å². The molecule has 0 fully saturated rings. The number of nitrogens with zero attached hydrogens (tertiary/aromatic N) is 1. The van der Waals surface area contributed by atoms with Crippen LogP contribution in [0.3, 0.4) is 0 Å². The SMILES string of the molecule is O=[N+]([O-])c1ccc(SCl)s1. The summed E-state index contributed by atoms with van der Waals surface area (Å²) >= 11 is 1.07. The molecule has 0 unspecified atom stereocenters. The van der Waals surface area contributed by atoms with Crippen molar-refractivity contribution in [3.63, 3.8) is 0 Å². The molecule has 1 heterocycles. The van der Waals surface area contributed by atoms with E-state index < -0.39 is 4.92 Å². The number of thiophene rings is 1. The molecule has 0 saturated carbocycles. The second-order valence-electron chi connectivity index (χ2n) is 1.43. The minimum atomic E-state index is -0.429. The van der Waals surface area contributed by atoms with Gasteiger partial charge < -0.3 is 0 Å². The molecule has 0 aromatic carbocycles. The maximum absolute atomic E-state index is 10.1. The molecule has 6 heteroatoms. The van der Waals surface area contributed by atoms with Crippen LogP contribution in [0.4, 0.5) is 5.00 Å². The summed E-state index contributed by atoms with van der Waals surface area (Å²) < 4.78 is 0.744. The normalized spacial score (nSPS) is 9.70. The van der Waals surface area contributed by atoms with E-state index >= 15 is 0 Å². The van der Waals surface area contributed by atoms with E-state index in [2.05, 4.69) is 0 Å². The summed E-state index contributed by atoms with van der Waals surface area (Å²) in [5.41, 5.74) is 0. The van der Waals surface area contributed by atoms with Gasteiger partial charge in [-0.2, -0.15) is 0 Å². The lowest BCUT2D eigenvalue weighted by Crippen LogP contribution is -1.80. The van der Waals surface area contributed by atoms with Crippen molar-refractivity contribution in [2.24, 2.45) is 0 Å². The molecule has 0 aliphatic rings. The smallest absolute Gasteiger partial charge is 0.258 e. The highest BCUT2D eigenvalue weighted by molar-refractivity contribution is 8.22. The van der Waals surface area contributed by atoms with Gasteiger partial charge in [0.1, 0.15) is 0 Å². The third-order valence-electron chi connectivity index (χ3n) is 0.823. The Morgan fingerprint density at radius 2 is 2.40 bits per heavy atom. The topological polar surface area (TPSA) is 43.1 Å². The molecule has 1 aromatic heterocycles. The monoisotopic (exact) mass is 195 g/mol. The van der Waals surface area contributed by atoms with E-state index in [0.29, 0.717) is 0 Å². The van der Waals surface area contributed by atoms with Crippen LogP contribution < -0.4 is 0 Å². The number of hydrogen-bond acceptors (Lipinski definition) is 4. The first-order valence-corrected chi connectivity index (χ1v) is 4.73. The molecule has 54 valence electrons. The lowest BCUT2D eigenvalue weighted by molar-refractivity contribution is -0.380. The lowest BCUT2D eigenvalue weighted by atomic mass is 10.6. The number of hydrogen-bond donors (Lipinski definition) is 0. The van der Waals surface area contributed by atoms with Crippen molar-refractivity contribution in [2.45, 2.75) is 4.21 Å². The summed E-state index contributed by atoms with van der Waals surface area (Å²) in [5.74, 6) is 0. The Morgan fingerprint density at radius 1 is 1.70 bits per heavy atom. The average Bonchev–Trinajstić information content (AvgIpc) is 2.34. The zero-order valence-corrected chi connectivity index (χ0v) is 7.00. The Morgan fingerprint density at radius 3 is 2.70 bits per heavy atom. The minimum absolute atomic E-state index is 0.128. The minimum Gasteiger partial charge on any atom is -0.258 e. The fourth-order valence-corrected chi connectivity index (χ4v) is 1.94. The molecule has 3 nitrogen and oxygen atoms in total. The molecular formula is C4H2ClNO2S2. The predicted molar refractivity (Wildman–Crippen MR) is 42.7 cm³/mol. The summed E-state index contributed by atoms with van der Waals surface area (Å²) in [6.45, 7) is 0. The second-order valence-corrected chi connectivity index (χ2v) is 3.80. The average molecular weight is 196 g/mol. The van der Waals surface area contributed by atoms with Gasteiger partial charge in [0.15, 0.2) is 0 Å². The third kappa shape index (κ3) is 1.62. The zero-order chi connectivity index (χ0) is 7.56. The van der Waals surface area contributed by atoms with Crippen molar-refractivity contribution in [1.82, 2.24) is 0 Å². The van der Waals surface area contributed by atoms with Crippen molar-refractivity contribution < 1.29 is 4.92 Å². The van der Waals surface area contributed by atoms with Crippen molar-refractivity contribution in [2.75, 3.05) is 0 Å². The van der Waals surface area contributed by atoms with Gasteiger partial charge in [-0.3, -0.25) is 10.1 Å². The first kappa shape index (κ1) is 7.84. The van der Waals surface area contributed by atoms with E-state index in [-0.39, 0.29) is 5.00 Å². The molecule has 0 spiro atoms. The first-order valence-electron chi connectivity index (χ1n) is 2.27. The highest BCUT2D eigenvalue weighted by Crippen LogP contribution is 2.33. The predicted octanol–water partition coefficient (Wildman–Crippen LogP) is 2.90. The van der Waals surface area contributed by atoms with Crippen LogP contribution in [0.2, 0.25) is 0 Å². The van der Waals surface area contributed by atoms with Gasteiger partial charge in [-0.25, -0.2) is 0 Å². The summed E-state index contributed by atoms with van der Waals surface area (Å²) in [7, 11) is 6.34. The van der Waals surface area contributed by atoms with Gasteiger partial charge in [0.05, 0.1) is 9.13 Å². The van der Waals surface area contributed by atoms with Crippen LogP contribution in [0.1, 0.15) is 0 Å². The van der Waals surface area contributed by atoms with E-state index in [1.54, 1.807) is 6.07 Å². The molecule has 0 atom stereocenters. The van der Waals surface area contributed by atoms with Crippen LogP contribution in [-0.2, 0) is 0 Å². The third-order valence-corrected chi connectivity index (χ3v) is 3.22. The van der Waals surface area contributed by atoms with E-state index in [0.717, 1.165) is 26.5 Å². The largest absolute Gasteiger partial charge is 0.325 e. The van der Waals surface area contributed by atoms with Gasteiger partial charge in [0.2, 0.25) is 0 Å². The van der Waals surface area contributed by atoms with E-state index in [9.17, 15) is 10.1 Å². The van der Waals surface area contributed by atoms with Gasteiger partial charge in [-0.1, -0.05) is 11.3 Å². The molecule has 0 N–H and O–H groups in total. The van der Waals surface area contributed by atoms with Crippen LogP contribution in [0.25, 0.3) is 0 Å². The van der Waals surface area contributed by atoms with Gasteiger partial charge in [0, 0.05) is 6.07 Å². The van der Waals surface area contributed by atoms with Gasteiger partial charge in [-0.05, 0) is 27.7 Å². The van der Waals surface area contributed by atoms with Crippen molar-refractivity contribution in [3.8, 4) is 0 Å². The fourth-order valence-electron chi connectivity index (χ4n) is 0.450. The molecule has 0 radical (unpaired) electrons. The Hall–Kier alpha value is -0.260. The molecule has 1 rings (SSSR count). The Bertz CT molecular complexity index is 249. The van der Waals surface area contributed by atoms with Crippen molar-refractivity contribution in [1.29, 1.82) is 0 Å². The van der Waals surface area contributed by atoms with Gasteiger partial charge in [-0.15, -0.1) is 0 Å². The molecule has 0 amide bonds. The molecular weight excluding hydrogens is 194 g/mol. The standard InChI is InChI=1S/C4H2ClNO2S2/c5-10-4-2-1-3(9-4)6(7)8/h1-2H. The Kier molecular flexibility index (Phi) is 2.53. The maximum Gasteiger partial charge on any atom is 0.325 e. The number of rotatable bonds is 2. The molecule has 0 aliphatic carbocycles. The highest BCUT2D eigenvalue weighted by Gasteiger charge is 2.08. The molecule has 10 heavy (non-hydrogen) atoms.